The molecule has 0 atom stereocenters. The quantitative estimate of drug-likeness (QED) is 0.731. The number of carbonyl (C=O) groups is 1. The summed E-state index contributed by atoms with van der Waals surface area (Å²) in [6.07, 6.45) is 0.957. The Bertz CT molecular complexity index is 664. The van der Waals surface area contributed by atoms with Gasteiger partial charge in [-0.1, -0.05) is 0 Å². The van der Waals surface area contributed by atoms with E-state index in [1.165, 1.54) is 0 Å². The summed E-state index contributed by atoms with van der Waals surface area (Å²) in [6, 6.07) is 12.8. The Labute approximate surface area is 147 Å². The number of amides is 1. The van der Waals surface area contributed by atoms with Gasteiger partial charge in [0, 0.05) is 24.7 Å². The first kappa shape index (κ1) is 18.6. The topological polar surface area (TPSA) is 82.8 Å². The van der Waals surface area contributed by atoms with E-state index in [9.17, 15) is 4.79 Å². The molecule has 134 valence electrons. The molecule has 1 amide bonds. The zero-order valence-electron chi connectivity index (χ0n) is 14.6. The van der Waals surface area contributed by atoms with E-state index in [1.807, 2.05) is 12.1 Å². The lowest BCUT2D eigenvalue weighted by Gasteiger charge is -2.09. The van der Waals surface area contributed by atoms with E-state index in [-0.39, 0.29) is 5.91 Å². The van der Waals surface area contributed by atoms with Crippen LogP contribution in [0.2, 0.25) is 0 Å². The van der Waals surface area contributed by atoms with Crippen LogP contribution in [0.5, 0.6) is 17.2 Å². The SMILES string of the molecule is COc1cc(CCC(=O)Nc2ccc(OCCN)cc2)cc(OC)c1. The largest absolute Gasteiger partial charge is 0.497 e. The fourth-order valence-corrected chi connectivity index (χ4v) is 2.30. The lowest BCUT2D eigenvalue weighted by molar-refractivity contribution is -0.116. The van der Waals surface area contributed by atoms with Gasteiger partial charge in [-0.3, -0.25) is 4.79 Å². The fourth-order valence-electron chi connectivity index (χ4n) is 2.30. The van der Waals surface area contributed by atoms with E-state index < -0.39 is 0 Å². The van der Waals surface area contributed by atoms with Crippen molar-refractivity contribution < 1.29 is 19.0 Å². The van der Waals surface area contributed by atoms with Gasteiger partial charge in [0.15, 0.2) is 0 Å². The summed E-state index contributed by atoms with van der Waals surface area (Å²) in [7, 11) is 3.21. The highest BCUT2D eigenvalue weighted by Gasteiger charge is 2.06. The number of rotatable bonds is 9. The summed E-state index contributed by atoms with van der Waals surface area (Å²) in [5.74, 6) is 2.09. The molecule has 0 unspecified atom stereocenters. The van der Waals surface area contributed by atoms with E-state index in [0.717, 1.165) is 17.0 Å². The van der Waals surface area contributed by atoms with Crippen LogP contribution in [0.1, 0.15) is 12.0 Å². The number of hydrogen-bond acceptors (Lipinski definition) is 5. The predicted molar refractivity (Wildman–Crippen MR) is 97.5 cm³/mol. The maximum Gasteiger partial charge on any atom is 0.224 e. The van der Waals surface area contributed by atoms with Gasteiger partial charge in [-0.05, 0) is 48.4 Å². The van der Waals surface area contributed by atoms with Crippen LogP contribution in [0, 0.1) is 0 Å². The third kappa shape index (κ3) is 6.00. The van der Waals surface area contributed by atoms with Crippen LogP contribution in [0.25, 0.3) is 0 Å². The first-order valence-corrected chi connectivity index (χ1v) is 8.09. The van der Waals surface area contributed by atoms with Crippen LogP contribution in [-0.4, -0.2) is 33.3 Å². The zero-order valence-corrected chi connectivity index (χ0v) is 14.6. The number of methoxy groups -OCH3 is 2. The van der Waals surface area contributed by atoms with E-state index in [4.69, 9.17) is 19.9 Å². The molecule has 6 nitrogen and oxygen atoms in total. The van der Waals surface area contributed by atoms with Gasteiger partial charge in [0.05, 0.1) is 14.2 Å². The molecule has 2 aromatic rings. The standard InChI is InChI=1S/C19H24N2O4/c1-23-17-11-14(12-18(13-17)24-2)3-8-19(22)21-15-4-6-16(7-5-15)25-10-9-20/h4-7,11-13H,3,8-10,20H2,1-2H3,(H,21,22). The fraction of sp³-hybridized carbons (Fsp3) is 0.316. The first-order valence-electron chi connectivity index (χ1n) is 8.09. The van der Waals surface area contributed by atoms with Crippen LogP contribution in [0.15, 0.2) is 42.5 Å². The molecule has 0 saturated heterocycles. The van der Waals surface area contributed by atoms with E-state index in [1.54, 1.807) is 44.6 Å². The predicted octanol–water partition coefficient (Wildman–Crippen LogP) is 2.61. The van der Waals surface area contributed by atoms with Gasteiger partial charge in [-0.15, -0.1) is 0 Å². The number of benzene rings is 2. The maximum absolute atomic E-state index is 12.1. The van der Waals surface area contributed by atoms with E-state index in [2.05, 4.69) is 5.32 Å². The lowest BCUT2D eigenvalue weighted by atomic mass is 10.1. The van der Waals surface area contributed by atoms with Crippen molar-refractivity contribution in [2.75, 3.05) is 32.7 Å². The van der Waals surface area contributed by atoms with Gasteiger partial charge >= 0.3 is 0 Å². The van der Waals surface area contributed by atoms with E-state index >= 15 is 0 Å². The molecule has 0 saturated carbocycles. The molecule has 0 aromatic heterocycles. The summed E-state index contributed by atoms with van der Waals surface area (Å²) in [5.41, 5.74) is 7.11. The van der Waals surface area contributed by atoms with Crippen molar-refractivity contribution in [3.8, 4) is 17.2 Å². The molecule has 3 N–H and O–H groups in total. The highest BCUT2D eigenvalue weighted by molar-refractivity contribution is 5.90. The Hall–Kier alpha value is -2.73. The van der Waals surface area contributed by atoms with Gasteiger partial charge in [-0.25, -0.2) is 0 Å². The first-order chi connectivity index (χ1) is 12.1. The Kier molecular flexibility index (Phi) is 7.10. The molecule has 6 heteroatoms. The Morgan fingerprint density at radius 1 is 1.00 bits per heavy atom. The van der Waals surface area contributed by atoms with Crippen molar-refractivity contribution in [1.82, 2.24) is 0 Å². The number of nitrogens with one attached hydrogen (secondary N) is 1. The molecule has 0 spiro atoms. The van der Waals surface area contributed by atoms with Crippen molar-refractivity contribution in [3.05, 3.63) is 48.0 Å². The van der Waals surface area contributed by atoms with Crippen LogP contribution < -0.4 is 25.3 Å². The molecule has 25 heavy (non-hydrogen) atoms. The van der Waals surface area contributed by atoms with Crippen molar-refractivity contribution in [2.24, 2.45) is 5.73 Å². The van der Waals surface area contributed by atoms with Gasteiger partial charge < -0.3 is 25.3 Å². The van der Waals surface area contributed by atoms with Crippen molar-refractivity contribution >= 4 is 11.6 Å². The molecule has 0 fully saturated rings. The highest BCUT2D eigenvalue weighted by Crippen LogP contribution is 2.23. The van der Waals surface area contributed by atoms with E-state index in [0.29, 0.717) is 37.5 Å². The van der Waals surface area contributed by atoms with Gasteiger partial charge in [-0.2, -0.15) is 0 Å². The zero-order chi connectivity index (χ0) is 18.1. The second-order valence-corrected chi connectivity index (χ2v) is 5.43. The molecule has 2 aromatic carbocycles. The number of carbonyl (C=O) groups excluding carboxylic acids is 1. The van der Waals surface area contributed by atoms with Crippen molar-refractivity contribution in [3.63, 3.8) is 0 Å². The number of hydrogen-bond donors (Lipinski definition) is 2. The molecule has 0 aliphatic rings. The molecule has 0 heterocycles. The van der Waals surface area contributed by atoms with Gasteiger partial charge in [0.1, 0.15) is 23.9 Å². The molecule has 0 aliphatic carbocycles. The highest BCUT2D eigenvalue weighted by atomic mass is 16.5. The molecule has 2 rings (SSSR count). The van der Waals surface area contributed by atoms with Crippen molar-refractivity contribution in [2.45, 2.75) is 12.8 Å². The summed E-state index contributed by atoms with van der Waals surface area (Å²) >= 11 is 0. The third-order valence-corrected chi connectivity index (χ3v) is 3.58. The minimum atomic E-state index is -0.0580. The summed E-state index contributed by atoms with van der Waals surface area (Å²) in [4.78, 5) is 12.1. The monoisotopic (exact) mass is 344 g/mol. The summed E-state index contributed by atoms with van der Waals surface area (Å²) in [6.45, 7) is 0.934. The number of anilines is 1. The van der Waals surface area contributed by atoms with Crippen LogP contribution in [0.3, 0.4) is 0 Å². The minimum absolute atomic E-state index is 0.0580. The second-order valence-electron chi connectivity index (χ2n) is 5.43. The average Bonchev–Trinajstić information content (AvgIpc) is 2.65. The Morgan fingerprint density at radius 3 is 2.20 bits per heavy atom. The van der Waals surface area contributed by atoms with Crippen LogP contribution >= 0.6 is 0 Å². The summed E-state index contributed by atoms with van der Waals surface area (Å²) in [5, 5.41) is 2.87. The third-order valence-electron chi connectivity index (χ3n) is 3.58. The van der Waals surface area contributed by atoms with Gasteiger partial charge in [0.2, 0.25) is 5.91 Å². The molecular weight excluding hydrogens is 320 g/mol. The summed E-state index contributed by atoms with van der Waals surface area (Å²) < 4.78 is 15.9. The normalized spacial score (nSPS) is 10.2. The Morgan fingerprint density at radius 2 is 1.64 bits per heavy atom. The Balaban J connectivity index is 1.88. The number of ether oxygens (including phenoxy) is 3. The molecule has 0 radical (unpaired) electrons. The second kappa shape index (κ2) is 9.54. The smallest absolute Gasteiger partial charge is 0.224 e. The van der Waals surface area contributed by atoms with Crippen LogP contribution in [-0.2, 0) is 11.2 Å². The molecular formula is C19H24N2O4. The number of aryl methyl sites for hydroxylation is 1. The van der Waals surface area contributed by atoms with Crippen molar-refractivity contribution in [1.29, 1.82) is 0 Å². The lowest BCUT2D eigenvalue weighted by Crippen LogP contribution is -2.13. The van der Waals surface area contributed by atoms with Crippen LogP contribution in [0.4, 0.5) is 5.69 Å². The number of nitrogens with two attached hydrogens (primary N) is 1. The molecule has 0 aliphatic heterocycles. The molecule has 0 bridgehead atoms. The minimum Gasteiger partial charge on any atom is -0.497 e. The maximum atomic E-state index is 12.1. The van der Waals surface area contributed by atoms with Gasteiger partial charge in [0.25, 0.3) is 0 Å². The average molecular weight is 344 g/mol.